The Morgan fingerprint density at radius 3 is 2.83 bits per heavy atom. The molecule has 0 spiro atoms. The standard InChI is InChI=1S/C13H16F2INO/c1-9-5-11-10(6-12(9)16)7-17(3-4-18-2)8-13(11,14)15/h5-6H,3-4,7-8H2,1-2H3. The van der Waals surface area contributed by atoms with Crippen LogP contribution in [0.25, 0.3) is 0 Å². The van der Waals surface area contributed by atoms with Crippen LogP contribution in [0.15, 0.2) is 12.1 Å². The van der Waals surface area contributed by atoms with E-state index in [-0.39, 0.29) is 12.1 Å². The maximum atomic E-state index is 14.1. The normalized spacial score (nSPS) is 18.7. The van der Waals surface area contributed by atoms with Crippen molar-refractivity contribution in [3.63, 3.8) is 0 Å². The molecular weight excluding hydrogens is 351 g/mol. The van der Waals surface area contributed by atoms with E-state index >= 15 is 0 Å². The lowest BCUT2D eigenvalue weighted by molar-refractivity contribution is -0.0561. The molecule has 0 amide bonds. The van der Waals surface area contributed by atoms with Gasteiger partial charge in [0.15, 0.2) is 0 Å². The number of methoxy groups -OCH3 is 1. The van der Waals surface area contributed by atoms with Gasteiger partial charge in [-0.25, -0.2) is 0 Å². The van der Waals surface area contributed by atoms with Gasteiger partial charge < -0.3 is 4.74 Å². The molecule has 0 unspecified atom stereocenters. The first-order valence-corrected chi connectivity index (χ1v) is 6.90. The average molecular weight is 367 g/mol. The summed E-state index contributed by atoms with van der Waals surface area (Å²) in [5.41, 5.74) is 1.84. The van der Waals surface area contributed by atoms with Gasteiger partial charge in [-0.15, -0.1) is 0 Å². The van der Waals surface area contributed by atoms with Crippen LogP contribution in [0.3, 0.4) is 0 Å². The average Bonchev–Trinajstić information content (AvgIpc) is 2.28. The zero-order valence-electron chi connectivity index (χ0n) is 10.5. The lowest BCUT2D eigenvalue weighted by Crippen LogP contribution is -2.42. The first-order chi connectivity index (χ1) is 8.44. The maximum absolute atomic E-state index is 14.1. The molecule has 1 aliphatic heterocycles. The first kappa shape index (κ1) is 14.1. The molecule has 2 rings (SSSR count). The highest BCUT2D eigenvalue weighted by atomic mass is 127. The number of nitrogens with zero attached hydrogens (tertiary/aromatic N) is 1. The third-order valence-electron chi connectivity index (χ3n) is 3.21. The number of hydrogen-bond acceptors (Lipinski definition) is 2. The van der Waals surface area contributed by atoms with Crippen molar-refractivity contribution in [3.05, 3.63) is 32.4 Å². The minimum atomic E-state index is -2.77. The Morgan fingerprint density at radius 2 is 2.17 bits per heavy atom. The molecular formula is C13H16F2INO. The zero-order valence-corrected chi connectivity index (χ0v) is 12.6. The number of benzene rings is 1. The fourth-order valence-electron chi connectivity index (χ4n) is 2.24. The van der Waals surface area contributed by atoms with E-state index < -0.39 is 5.92 Å². The van der Waals surface area contributed by atoms with Gasteiger partial charge in [0.25, 0.3) is 5.92 Å². The van der Waals surface area contributed by atoms with Gasteiger partial charge in [-0.2, -0.15) is 8.78 Å². The second-order valence-electron chi connectivity index (χ2n) is 4.67. The van der Waals surface area contributed by atoms with Crippen molar-refractivity contribution in [3.8, 4) is 0 Å². The van der Waals surface area contributed by atoms with Crippen LogP contribution >= 0.6 is 22.6 Å². The minimum Gasteiger partial charge on any atom is -0.383 e. The molecule has 0 aliphatic carbocycles. The van der Waals surface area contributed by atoms with Gasteiger partial charge in [0.05, 0.1) is 13.2 Å². The summed E-state index contributed by atoms with van der Waals surface area (Å²) in [5, 5.41) is 0. The van der Waals surface area contributed by atoms with Crippen molar-refractivity contribution in [1.82, 2.24) is 4.90 Å². The predicted octanol–water partition coefficient (Wildman–Crippen LogP) is 3.15. The van der Waals surface area contributed by atoms with Gasteiger partial charge in [0, 0.05) is 29.3 Å². The molecule has 0 saturated heterocycles. The van der Waals surface area contributed by atoms with Gasteiger partial charge >= 0.3 is 0 Å². The summed E-state index contributed by atoms with van der Waals surface area (Å²) >= 11 is 2.19. The largest absolute Gasteiger partial charge is 0.383 e. The summed E-state index contributed by atoms with van der Waals surface area (Å²) < 4.78 is 34.2. The Bertz CT molecular complexity index is 451. The van der Waals surface area contributed by atoms with Crippen molar-refractivity contribution >= 4 is 22.6 Å². The van der Waals surface area contributed by atoms with Crippen molar-refractivity contribution in [2.45, 2.75) is 19.4 Å². The Hall–Kier alpha value is -0.270. The van der Waals surface area contributed by atoms with Crippen LogP contribution in [-0.4, -0.2) is 31.7 Å². The Labute approximate surface area is 119 Å². The minimum absolute atomic E-state index is 0.189. The second kappa shape index (κ2) is 5.38. The molecule has 1 aliphatic rings. The van der Waals surface area contributed by atoms with E-state index in [1.807, 2.05) is 13.0 Å². The van der Waals surface area contributed by atoms with E-state index in [2.05, 4.69) is 22.6 Å². The predicted molar refractivity (Wildman–Crippen MR) is 74.9 cm³/mol. The number of halogens is 3. The zero-order chi connectivity index (χ0) is 13.3. The summed E-state index contributed by atoms with van der Waals surface area (Å²) in [4.78, 5) is 1.75. The molecule has 0 bridgehead atoms. The lowest BCUT2D eigenvalue weighted by Gasteiger charge is -2.34. The molecule has 18 heavy (non-hydrogen) atoms. The molecule has 2 nitrogen and oxygen atoms in total. The van der Waals surface area contributed by atoms with Crippen LogP contribution < -0.4 is 0 Å². The van der Waals surface area contributed by atoms with Crippen LogP contribution in [0.4, 0.5) is 8.78 Å². The molecule has 0 atom stereocenters. The fourth-order valence-corrected chi connectivity index (χ4v) is 2.77. The van der Waals surface area contributed by atoms with Gasteiger partial charge in [0.2, 0.25) is 0 Å². The van der Waals surface area contributed by atoms with Crippen LogP contribution in [-0.2, 0) is 17.2 Å². The number of rotatable bonds is 3. The molecule has 1 aromatic carbocycles. The molecule has 100 valence electrons. The van der Waals surface area contributed by atoms with E-state index in [0.29, 0.717) is 19.7 Å². The third kappa shape index (κ3) is 2.83. The molecule has 0 aromatic heterocycles. The van der Waals surface area contributed by atoms with Crippen molar-refractivity contribution in [2.75, 3.05) is 26.8 Å². The number of ether oxygens (including phenoxy) is 1. The van der Waals surface area contributed by atoms with E-state index in [4.69, 9.17) is 4.74 Å². The van der Waals surface area contributed by atoms with Gasteiger partial charge in [0.1, 0.15) is 0 Å². The summed E-state index contributed by atoms with van der Waals surface area (Å²) in [6.07, 6.45) is 0. The number of alkyl halides is 2. The SMILES string of the molecule is COCCN1Cc2cc(I)c(C)cc2C(F)(F)C1. The molecule has 0 N–H and O–H groups in total. The molecule has 0 radical (unpaired) electrons. The molecule has 1 aromatic rings. The molecule has 0 fully saturated rings. The van der Waals surface area contributed by atoms with E-state index in [9.17, 15) is 8.78 Å². The van der Waals surface area contributed by atoms with E-state index in [1.54, 1.807) is 18.1 Å². The highest BCUT2D eigenvalue weighted by Gasteiger charge is 2.40. The summed E-state index contributed by atoms with van der Waals surface area (Å²) in [6, 6.07) is 3.50. The third-order valence-corrected chi connectivity index (χ3v) is 4.37. The summed E-state index contributed by atoms with van der Waals surface area (Å²) in [7, 11) is 1.59. The fraction of sp³-hybridized carbons (Fsp3) is 0.538. The van der Waals surface area contributed by atoms with Crippen LogP contribution in [0.5, 0.6) is 0 Å². The quantitative estimate of drug-likeness (QED) is 0.762. The molecule has 1 heterocycles. The van der Waals surface area contributed by atoms with Crippen LogP contribution in [0.2, 0.25) is 0 Å². The molecule has 5 heteroatoms. The maximum Gasteiger partial charge on any atom is 0.285 e. The van der Waals surface area contributed by atoms with Crippen molar-refractivity contribution < 1.29 is 13.5 Å². The number of hydrogen-bond donors (Lipinski definition) is 0. The van der Waals surface area contributed by atoms with E-state index in [0.717, 1.165) is 14.7 Å². The Kier molecular flexibility index (Phi) is 4.23. The van der Waals surface area contributed by atoms with Crippen molar-refractivity contribution in [1.29, 1.82) is 0 Å². The number of fused-ring (bicyclic) bond motifs is 1. The highest BCUT2D eigenvalue weighted by Crippen LogP contribution is 2.38. The van der Waals surface area contributed by atoms with Gasteiger partial charge in [-0.3, -0.25) is 4.90 Å². The topological polar surface area (TPSA) is 12.5 Å². The highest BCUT2D eigenvalue weighted by molar-refractivity contribution is 14.1. The lowest BCUT2D eigenvalue weighted by atomic mass is 9.94. The Balaban J connectivity index is 2.31. The van der Waals surface area contributed by atoms with E-state index in [1.165, 1.54) is 0 Å². The second-order valence-corrected chi connectivity index (χ2v) is 5.83. The summed E-state index contributed by atoms with van der Waals surface area (Å²) in [5.74, 6) is -2.77. The van der Waals surface area contributed by atoms with Gasteiger partial charge in [-0.1, -0.05) is 0 Å². The summed E-state index contributed by atoms with van der Waals surface area (Å²) in [6.45, 7) is 3.24. The van der Waals surface area contributed by atoms with Crippen LogP contribution in [0, 0.1) is 10.5 Å². The molecule has 0 saturated carbocycles. The van der Waals surface area contributed by atoms with Crippen molar-refractivity contribution in [2.24, 2.45) is 0 Å². The van der Waals surface area contributed by atoms with Crippen LogP contribution in [0.1, 0.15) is 16.7 Å². The smallest absolute Gasteiger partial charge is 0.285 e. The Morgan fingerprint density at radius 1 is 1.44 bits per heavy atom. The van der Waals surface area contributed by atoms with Gasteiger partial charge in [-0.05, 0) is 52.8 Å². The monoisotopic (exact) mass is 367 g/mol. The number of aryl methyl sites for hydroxylation is 1. The first-order valence-electron chi connectivity index (χ1n) is 5.82.